The summed E-state index contributed by atoms with van der Waals surface area (Å²) in [4.78, 5) is 12.6. The third-order valence-corrected chi connectivity index (χ3v) is 6.23. The first-order chi connectivity index (χ1) is 12.2. The number of allylic oxidation sites excluding steroid dienone is 2. The molecular weight excluding hydrogens is 422 g/mol. The lowest BCUT2D eigenvalue weighted by Crippen LogP contribution is -2.25. The van der Waals surface area contributed by atoms with Crippen LogP contribution < -0.4 is 4.31 Å². The van der Waals surface area contributed by atoms with E-state index in [2.05, 4.69) is 22.0 Å². The molecule has 0 spiro atoms. The van der Waals surface area contributed by atoms with Crippen LogP contribution in [0.3, 0.4) is 0 Å². The number of furan rings is 1. The van der Waals surface area contributed by atoms with Crippen LogP contribution in [0.2, 0.25) is 0 Å². The Kier molecular flexibility index (Phi) is 5.16. The summed E-state index contributed by atoms with van der Waals surface area (Å²) in [5.41, 5.74) is 2.27. The van der Waals surface area contributed by atoms with Crippen LogP contribution in [0.1, 0.15) is 42.3 Å². The van der Waals surface area contributed by atoms with Crippen LogP contribution >= 0.6 is 15.9 Å². The Balaban J connectivity index is 2.24. The fourth-order valence-electron chi connectivity index (χ4n) is 3.03. The number of fused-ring (bicyclic) bond motifs is 1. The second-order valence-electron chi connectivity index (χ2n) is 6.18. The number of rotatable bonds is 5. The molecule has 140 valence electrons. The van der Waals surface area contributed by atoms with Crippen LogP contribution in [0, 0.1) is 0 Å². The van der Waals surface area contributed by atoms with Gasteiger partial charge in [0.1, 0.15) is 16.9 Å². The largest absolute Gasteiger partial charge is 0.462 e. The summed E-state index contributed by atoms with van der Waals surface area (Å²) >= 11 is 3.41. The molecule has 0 N–H and O–H groups in total. The molecule has 3 rings (SSSR count). The summed E-state index contributed by atoms with van der Waals surface area (Å²) < 4.78 is 36.7. The molecule has 0 atom stereocenters. The predicted octanol–water partition coefficient (Wildman–Crippen LogP) is 4.34. The molecule has 0 aliphatic heterocycles. The molecule has 26 heavy (non-hydrogen) atoms. The highest BCUT2D eigenvalue weighted by Crippen LogP contribution is 2.40. The lowest BCUT2D eigenvalue weighted by Gasteiger charge is -2.18. The third-order valence-electron chi connectivity index (χ3n) is 4.41. The van der Waals surface area contributed by atoms with Crippen LogP contribution in [0.5, 0.6) is 0 Å². The van der Waals surface area contributed by atoms with Crippen molar-refractivity contribution in [3.05, 3.63) is 34.0 Å². The number of ether oxygens (including phenoxy) is 1. The zero-order chi connectivity index (χ0) is 19.1. The second-order valence-corrected chi connectivity index (χ2v) is 9.05. The van der Waals surface area contributed by atoms with Crippen LogP contribution in [0.25, 0.3) is 16.5 Å². The van der Waals surface area contributed by atoms with Crippen LogP contribution in [-0.2, 0) is 14.8 Å². The minimum Gasteiger partial charge on any atom is -0.462 e. The maximum Gasteiger partial charge on any atom is 0.342 e. The van der Waals surface area contributed by atoms with Gasteiger partial charge >= 0.3 is 5.97 Å². The van der Waals surface area contributed by atoms with Crippen LogP contribution in [0.15, 0.2) is 27.1 Å². The van der Waals surface area contributed by atoms with Gasteiger partial charge in [-0.3, -0.25) is 4.31 Å². The number of carbonyl (C=O) groups is 1. The Labute approximate surface area is 161 Å². The highest BCUT2D eigenvalue weighted by atomic mass is 79.9. The van der Waals surface area contributed by atoms with Crippen molar-refractivity contribution in [2.24, 2.45) is 0 Å². The summed E-state index contributed by atoms with van der Waals surface area (Å²) in [5.74, 6) is 0.0761. The van der Waals surface area contributed by atoms with Gasteiger partial charge in [0.15, 0.2) is 0 Å². The topological polar surface area (TPSA) is 76.8 Å². The van der Waals surface area contributed by atoms with E-state index in [1.54, 1.807) is 19.1 Å². The lowest BCUT2D eigenvalue weighted by molar-refractivity contribution is 0.0527. The van der Waals surface area contributed by atoms with E-state index in [1.165, 1.54) is 7.05 Å². The van der Waals surface area contributed by atoms with Crippen molar-refractivity contribution in [3.63, 3.8) is 0 Å². The second kappa shape index (κ2) is 7.08. The normalized spacial score (nSPS) is 14.5. The number of benzene rings is 1. The Bertz CT molecular complexity index is 1010. The minimum atomic E-state index is -3.43. The highest BCUT2D eigenvalue weighted by Gasteiger charge is 2.27. The standard InChI is InChI=1S/C18H20BrNO5S/c1-4-24-18(21)16-12-9-13(19)14(20(2)26(3,22)23)10-15(12)25-17(16)11-7-5-6-8-11/h7,9-10H,4-6,8H2,1-3H3. The molecule has 0 amide bonds. The van der Waals surface area contributed by atoms with Gasteiger partial charge in [0.25, 0.3) is 0 Å². The minimum absolute atomic E-state index is 0.264. The highest BCUT2D eigenvalue weighted by molar-refractivity contribution is 9.10. The number of nitrogens with zero attached hydrogens (tertiary/aromatic N) is 1. The maximum atomic E-state index is 12.6. The molecule has 0 radical (unpaired) electrons. The van der Waals surface area contributed by atoms with E-state index < -0.39 is 16.0 Å². The molecule has 0 unspecified atom stereocenters. The van der Waals surface area contributed by atoms with Crippen LogP contribution in [0.4, 0.5) is 5.69 Å². The van der Waals surface area contributed by atoms with Gasteiger partial charge in [0.2, 0.25) is 10.0 Å². The SMILES string of the molecule is CCOC(=O)c1c(C2=CCCC2)oc2cc(N(C)S(C)(=O)=O)c(Br)cc12. The van der Waals surface area contributed by atoms with E-state index >= 15 is 0 Å². The van der Waals surface area contributed by atoms with Crippen molar-refractivity contribution in [3.8, 4) is 0 Å². The molecule has 1 aliphatic rings. The molecule has 1 heterocycles. The van der Waals surface area contributed by atoms with Gasteiger partial charge in [0, 0.05) is 23.0 Å². The molecule has 8 heteroatoms. The first kappa shape index (κ1) is 19.0. The molecule has 0 bridgehead atoms. The number of sulfonamides is 1. The average molecular weight is 442 g/mol. The van der Waals surface area contributed by atoms with E-state index in [9.17, 15) is 13.2 Å². The smallest absolute Gasteiger partial charge is 0.342 e. The van der Waals surface area contributed by atoms with Crippen molar-refractivity contribution < 1.29 is 22.4 Å². The summed E-state index contributed by atoms with van der Waals surface area (Å²) in [5, 5.41) is 0.601. The molecule has 1 aliphatic carbocycles. The fourth-order valence-corrected chi connectivity index (χ4v) is 4.27. The summed E-state index contributed by atoms with van der Waals surface area (Å²) in [6.07, 6.45) is 5.99. The van der Waals surface area contributed by atoms with Gasteiger partial charge in [-0.1, -0.05) is 6.08 Å². The fraction of sp³-hybridized carbons (Fsp3) is 0.389. The first-order valence-corrected chi connectivity index (χ1v) is 10.9. The number of hydrogen-bond acceptors (Lipinski definition) is 5. The molecular formula is C18H20BrNO5S. The number of esters is 1. The Morgan fingerprint density at radius 2 is 2.12 bits per heavy atom. The van der Waals surface area contributed by atoms with Gasteiger partial charge < -0.3 is 9.15 Å². The molecule has 1 aromatic heterocycles. The average Bonchev–Trinajstić information content (AvgIpc) is 3.19. The first-order valence-electron chi connectivity index (χ1n) is 8.30. The number of carbonyl (C=O) groups excluding carboxylic acids is 1. The van der Waals surface area contributed by atoms with Gasteiger partial charge in [-0.25, -0.2) is 13.2 Å². The van der Waals surface area contributed by atoms with Gasteiger partial charge in [-0.15, -0.1) is 0 Å². The Morgan fingerprint density at radius 3 is 2.69 bits per heavy atom. The zero-order valence-corrected chi connectivity index (χ0v) is 17.2. The van der Waals surface area contributed by atoms with Crippen molar-refractivity contribution in [2.45, 2.75) is 26.2 Å². The molecule has 0 saturated carbocycles. The van der Waals surface area contributed by atoms with E-state index in [1.807, 2.05) is 0 Å². The third kappa shape index (κ3) is 3.40. The lowest BCUT2D eigenvalue weighted by atomic mass is 10.1. The number of halogens is 1. The summed E-state index contributed by atoms with van der Waals surface area (Å²) in [6.45, 7) is 2.02. The Morgan fingerprint density at radius 1 is 1.38 bits per heavy atom. The monoisotopic (exact) mass is 441 g/mol. The van der Waals surface area contributed by atoms with Gasteiger partial charge in [-0.05, 0) is 53.8 Å². The quantitative estimate of drug-likeness (QED) is 0.644. The van der Waals surface area contributed by atoms with Crippen molar-refractivity contribution >= 4 is 54.2 Å². The van der Waals surface area contributed by atoms with Gasteiger partial charge in [0.05, 0.1) is 18.6 Å². The summed E-state index contributed by atoms with van der Waals surface area (Å²) in [6, 6.07) is 3.34. The summed E-state index contributed by atoms with van der Waals surface area (Å²) in [7, 11) is -1.96. The van der Waals surface area contributed by atoms with Crippen molar-refractivity contribution in [1.82, 2.24) is 0 Å². The zero-order valence-electron chi connectivity index (χ0n) is 14.8. The van der Waals surface area contributed by atoms with E-state index in [0.717, 1.165) is 35.4 Å². The molecule has 0 fully saturated rings. The molecule has 1 aromatic carbocycles. The van der Waals surface area contributed by atoms with E-state index in [4.69, 9.17) is 9.15 Å². The number of anilines is 1. The van der Waals surface area contributed by atoms with E-state index in [0.29, 0.717) is 32.5 Å². The van der Waals surface area contributed by atoms with Crippen LogP contribution in [-0.4, -0.2) is 34.3 Å². The van der Waals surface area contributed by atoms with Crippen molar-refractivity contribution in [2.75, 3.05) is 24.2 Å². The predicted molar refractivity (Wildman–Crippen MR) is 105 cm³/mol. The Hall–Kier alpha value is -1.80. The maximum absolute atomic E-state index is 12.6. The van der Waals surface area contributed by atoms with Crippen molar-refractivity contribution in [1.29, 1.82) is 0 Å². The molecule has 6 nitrogen and oxygen atoms in total. The number of hydrogen-bond donors (Lipinski definition) is 0. The molecule has 2 aromatic rings. The van der Waals surface area contributed by atoms with E-state index in [-0.39, 0.29) is 6.61 Å². The van der Waals surface area contributed by atoms with Gasteiger partial charge in [-0.2, -0.15) is 0 Å². The molecule has 0 saturated heterocycles.